The van der Waals surface area contributed by atoms with Crippen LogP contribution in [0.2, 0.25) is 0 Å². The maximum absolute atomic E-state index is 12.4. The summed E-state index contributed by atoms with van der Waals surface area (Å²) in [5.41, 5.74) is 8.75. The first kappa shape index (κ1) is 21.9. The van der Waals surface area contributed by atoms with Gasteiger partial charge < -0.3 is 15.4 Å². The van der Waals surface area contributed by atoms with Crippen LogP contribution in [0.25, 0.3) is 0 Å². The van der Waals surface area contributed by atoms with Crippen molar-refractivity contribution in [3.05, 3.63) is 84.1 Å². The quantitative estimate of drug-likeness (QED) is 0.496. The van der Waals surface area contributed by atoms with Gasteiger partial charge in [0, 0.05) is 6.20 Å². The fraction of sp³-hybridized carbons (Fsp3) is 0.130. The van der Waals surface area contributed by atoms with Crippen LogP contribution in [0, 0.1) is 0 Å². The average molecular weight is 469 g/mol. The third-order valence-corrected chi connectivity index (χ3v) is 5.77. The number of anilines is 1. The number of nitrogen functional groups attached to an aromatic ring is 1. The van der Waals surface area contributed by atoms with Crippen LogP contribution in [0.4, 0.5) is 20.3 Å². The molecule has 1 atom stereocenters. The lowest BCUT2D eigenvalue weighted by Gasteiger charge is -2.18. The molecule has 5 nitrogen and oxygen atoms in total. The number of nitrogens with two attached hydrogens (primary N) is 1. The largest absolute Gasteiger partial charge is 0.435 e. The number of nitrogens with zero attached hydrogens (tertiary/aromatic N) is 3. The van der Waals surface area contributed by atoms with Gasteiger partial charge in [0.05, 0.1) is 28.9 Å². The van der Waals surface area contributed by atoms with Crippen molar-refractivity contribution in [2.45, 2.75) is 19.1 Å². The highest BCUT2D eigenvalue weighted by Gasteiger charge is 2.39. The third-order valence-electron chi connectivity index (χ3n) is 4.88. The number of rotatable bonds is 6. The van der Waals surface area contributed by atoms with E-state index >= 15 is 0 Å². The molecule has 0 saturated carbocycles. The molecule has 2 N–H and O–H groups in total. The number of hydrogen-bond acceptors (Lipinski definition) is 6. The molecular formula is C23H18F2N4OS2. The molecular weight excluding hydrogens is 450 g/mol. The van der Waals surface area contributed by atoms with Crippen LogP contribution in [0.1, 0.15) is 17.0 Å². The van der Waals surface area contributed by atoms with E-state index in [-0.39, 0.29) is 11.7 Å². The van der Waals surface area contributed by atoms with Gasteiger partial charge >= 0.3 is 6.61 Å². The molecule has 0 amide bonds. The minimum atomic E-state index is -2.88. The topological polar surface area (TPSA) is 63.7 Å². The number of halogens is 2. The molecule has 1 saturated heterocycles. The number of likely N-dealkylation sites (tertiary alicyclic amines) is 1. The second-order valence-corrected chi connectivity index (χ2v) is 7.84. The van der Waals surface area contributed by atoms with Crippen molar-refractivity contribution in [3.8, 4) is 5.75 Å². The fourth-order valence-corrected chi connectivity index (χ4v) is 4.18. The molecule has 0 spiro atoms. The van der Waals surface area contributed by atoms with Gasteiger partial charge in [-0.25, -0.2) is 9.98 Å². The van der Waals surface area contributed by atoms with E-state index in [4.69, 9.17) is 35.2 Å². The summed E-state index contributed by atoms with van der Waals surface area (Å²) < 4.78 is 29.3. The van der Waals surface area contributed by atoms with Crippen LogP contribution in [0.3, 0.4) is 0 Å². The van der Waals surface area contributed by atoms with E-state index in [1.54, 1.807) is 24.4 Å². The standard InChI is InChI=1S/C23H18F2N4OS2/c24-23(25)30-17-9-7-16(8-10-17)28-20-19(15-4-2-1-3-5-15)21(31)29(22(20)32)13-14-6-11-18(26)27-12-14/h1-12,19,23H,13H2,(H2,26,27). The van der Waals surface area contributed by atoms with Gasteiger partial charge in [-0.05, 0) is 41.5 Å². The molecule has 32 heavy (non-hydrogen) atoms. The molecule has 0 aliphatic carbocycles. The van der Waals surface area contributed by atoms with Gasteiger partial charge in [0.2, 0.25) is 0 Å². The Labute approximate surface area is 194 Å². The summed E-state index contributed by atoms with van der Waals surface area (Å²) in [5, 5.41) is 0. The Balaban J connectivity index is 1.69. The van der Waals surface area contributed by atoms with E-state index in [0.717, 1.165) is 11.1 Å². The van der Waals surface area contributed by atoms with Crippen LogP contribution < -0.4 is 10.5 Å². The minimum Gasteiger partial charge on any atom is -0.435 e. The number of thiocarbonyl (C=S) groups is 2. The van der Waals surface area contributed by atoms with Gasteiger partial charge in [0.15, 0.2) is 0 Å². The lowest BCUT2D eigenvalue weighted by atomic mass is 9.96. The highest BCUT2D eigenvalue weighted by molar-refractivity contribution is 7.83. The zero-order chi connectivity index (χ0) is 22.7. The lowest BCUT2D eigenvalue weighted by Crippen LogP contribution is -2.28. The summed E-state index contributed by atoms with van der Waals surface area (Å²) in [7, 11) is 0. The summed E-state index contributed by atoms with van der Waals surface area (Å²) >= 11 is 11.6. The lowest BCUT2D eigenvalue weighted by molar-refractivity contribution is -0.0498. The molecule has 9 heteroatoms. The maximum atomic E-state index is 12.4. The molecule has 1 aliphatic heterocycles. The molecule has 2 aromatic carbocycles. The van der Waals surface area contributed by atoms with Crippen molar-refractivity contribution < 1.29 is 13.5 Å². The van der Waals surface area contributed by atoms with Crippen molar-refractivity contribution in [2.24, 2.45) is 4.99 Å². The van der Waals surface area contributed by atoms with Crippen molar-refractivity contribution in [1.82, 2.24) is 9.88 Å². The zero-order valence-electron chi connectivity index (χ0n) is 16.7. The number of benzene rings is 2. The number of ether oxygens (including phenoxy) is 1. The van der Waals surface area contributed by atoms with Crippen molar-refractivity contribution in [1.29, 1.82) is 0 Å². The van der Waals surface area contributed by atoms with E-state index in [1.165, 1.54) is 12.1 Å². The van der Waals surface area contributed by atoms with Gasteiger partial charge in [0.25, 0.3) is 0 Å². The predicted octanol–water partition coefficient (Wildman–Crippen LogP) is 5.29. The Bertz CT molecular complexity index is 1150. The van der Waals surface area contributed by atoms with Crippen LogP contribution in [0.5, 0.6) is 5.75 Å². The Morgan fingerprint density at radius 1 is 1.03 bits per heavy atom. The molecule has 4 rings (SSSR count). The molecule has 1 fully saturated rings. The smallest absolute Gasteiger partial charge is 0.387 e. The summed E-state index contributed by atoms with van der Waals surface area (Å²) in [6, 6.07) is 19.4. The third kappa shape index (κ3) is 4.79. The van der Waals surface area contributed by atoms with Gasteiger partial charge in [-0.3, -0.25) is 0 Å². The average Bonchev–Trinajstić information content (AvgIpc) is 3.01. The van der Waals surface area contributed by atoms with E-state index in [0.29, 0.717) is 33.7 Å². The number of aromatic nitrogens is 1. The van der Waals surface area contributed by atoms with E-state index < -0.39 is 6.61 Å². The monoisotopic (exact) mass is 468 g/mol. The number of aliphatic imine (C=N–C) groups is 1. The van der Waals surface area contributed by atoms with Crippen molar-refractivity contribution >= 4 is 51.6 Å². The molecule has 162 valence electrons. The highest BCUT2D eigenvalue weighted by Crippen LogP contribution is 2.33. The molecule has 0 radical (unpaired) electrons. The molecule has 0 bridgehead atoms. The number of alkyl halides is 2. The maximum Gasteiger partial charge on any atom is 0.387 e. The van der Waals surface area contributed by atoms with Crippen molar-refractivity contribution in [2.75, 3.05) is 5.73 Å². The number of pyridine rings is 1. The Kier molecular flexibility index (Phi) is 6.48. The second-order valence-electron chi connectivity index (χ2n) is 7.03. The van der Waals surface area contributed by atoms with E-state index in [9.17, 15) is 8.78 Å². The summed E-state index contributed by atoms with van der Waals surface area (Å²) in [5.74, 6) is 0.187. The van der Waals surface area contributed by atoms with Crippen LogP contribution in [-0.4, -0.2) is 32.2 Å². The normalized spacial score (nSPS) is 17.4. The zero-order valence-corrected chi connectivity index (χ0v) is 18.3. The van der Waals surface area contributed by atoms with E-state index in [2.05, 4.69) is 9.72 Å². The summed E-state index contributed by atoms with van der Waals surface area (Å²) in [4.78, 5) is 11.9. The molecule has 2 heterocycles. The number of hydrogen-bond donors (Lipinski definition) is 1. The Morgan fingerprint density at radius 2 is 1.75 bits per heavy atom. The Morgan fingerprint density at radius 3 is 2.38 bits per heavy atom. The minimum absolute atomic E-state index is 0.0607. The summed E-state index contributed by atoms with van der Waals surface area (Å²) in [6.07, 6.45) is 1.69. The summed E-state index contributed by atoms with van der Waals surface area (Å²) in [6.45, 7) is -2.44. The molecule has 3 aromatic rings. The van der Waals surface area contributed by atoms with Crippen LogP contribution in [-0.2, 0) is 6.54 Å². The van der Waals surface area contributed by atoms with E-state index in [1.807, 2.05) is 41.3 Å². The highest BCUT2D eigenvalue weighted by atomic mass is 32.1. The van der Waals surface area contributed by atoms with Crippen molar-refractivity contribution in [3.63, 3.8) is 0 Å². The molecule has 1 aliphatic rings. The fourth-order valence-electron chi connectivity index (χ4n) is 3.40. The first-order valence-electron chi connectivity index (χ1n) is 9.67. The first-order chi connectivity index (χ1) is 15.4. The molecule has 1 aromatic heterocycles. The van der Waals surface area contributed by atoms with Crippen LogP contribution >= 0.6 is 24.4 Å². The van der Waals surface area contributed by atoms with Gasteiger partial charge in [-0.15, -0.1) is 0 Å². The van der Waals surface area contributed by atoms with Gasteiger partial charge in [-0.2, -0.15) is 8.78 Å². The predicted molar refractivity (Wildman–Crippen MR) is 129 cm³/mol. The van der Waals surface area contributed by atoms with Gasteiger partial charge in [0.1, 0.15) is 16.6 Å². The first-order valence-corrected chi connectivity index (χ1v) is 10.5. The van der Waals surface area contributed by atoms with Gasteiger partial charge in [-0.1, -0.05) is 60.8 Å². The SMILES string of the molecule is Nc1ccc(CN2C(=S)C(=Nc3ccc(OC(F)F)cc3)C(c3ccccc3)C2=S)cn1. The Hall–Kier alpha value is -3.30. The molecule has 1 unspecified atom stereocenters. The second kappa shape index (κ2) is 9.46. The van der Waals surface area contributed by atoms with Crippen LogP contribution in [0.15, 0.2) is 77.9 Å².